The summed E-state index contributed by atoms with van der Waals surface area (Å²) < 4.78 is 67.8. The first-order valence-electron chi connectivity index (χ1n) is 10.2. The maximum atomic E-state index is 12.9. The van der Waals surface area contributed by atoms with Gasteiger partial charge in [-0.15, -0.1) is 0 Å². The van der Waals surface area contributed by atoms with Crippen molar-refractivity contribution in [1.29, 1.82) is 0 Å². The van der Waals surface area contributed by atoms with Crippen LogP contribution in [0.5, 0.6) is 0 Å². The molecule has 32 heavy (non-hydrogen) atoms. The van der Waals surface area contributed by atoms with Crippen molar-refractivity contribution in [3.63, 3.8) is 0 Å². The summed E-state index contributed by atoms with van der Waals surface area (Å²) in [7, 11) is -3.66. The lowest BCUT2D eigenvalue weighted by atomic mass is 9.91. The van der Waals surface area contributed by atoms with Gasteiger partial charge >= 0.3 is 6.18 Å². The molecule has 0 radical (unpaired) electrons. The van der Waals surface area contributed by atoms with Crippen LogP contribution in [0.2, 0.25) is 0 Å². The molecule has 2 aromatic carbocycles. The summed E-state index contributed by atoms with van der Waals surface area (Å²) in [6.07, 6.45) is -2.03. The number of hydrogen-bond donors (Lipinski definition) is 1. The normalized spacial score (nSPS) is 16.1. The van der Waals surface area contributed by atoms with E-state index in [-0.39, 0.29) is 10.6 Å². The molecule has 1 fully saturated rings. The summed E-state index contributed by atoms with van der Waals surface area (Å²) in [5.74, 6) is -0.327. The number of benzene rings is 2. The Morgan fingerprint density at radius 3 is 2.25 bits per heavy atom. The van der Waals surface area contributed by atoms with Crippen LogP contribution in [0, 0.1) is 5.92 Å². The Morgan fingerprint density at radius 1 is 1.03 bits per heavy atom. The standard InChI is InChI=1S/C22H25F3N2O4S/c23-22(24,25)16-31-15-21(28)26-19-6-8-20(9-7-19)32(29,30)27-12-10-18(11-13-27)14-17-4-2-1-3-5-17/h1-9,18H,10-16H2,(H,26,28). The molecule has 1 N–H and O–H groups in total. The van der Waals surface area contributed by atoms with Crippen LogP contribution in [-0.4, -0.2) is 51.1 Å². The molecule has 0 unspecified atom stereocenters. The number of carbonyl (C=O) groups excluding carboxylic acids is 1. The molecule has 0 spiro atoms. The van der Waals surface area contributed by atoms with Crippen molar-refractivity contribution < 1.29 is 31.1 Å². The number of carbonyl (C=O) groups is 1. The van der Waals surface area contributed by atoms with Gasteiger partial charge in [-0.05, 0) is 55.0 Å². The fourth-order valence-corrected chi connectivity index (χ4v) is 5.09. The van der Waals surface area contributed by atoms with Crippen LogP contribution < -0.4 is 5.32 Å². The van der Waals surface area contributed by atoms with Gasteiger partial charge in [0.25, 0.3) is 0 Å². The van der Waals surface area contributed by atoms with E-state index in [0.29, 0.717) is 19.0 Å². The van der Waals surface area contributed by atoms with Crippen molar-refractivity contribution in [2.24, 2.45) is 5.92 Å². The molecule has 1 aliphatic heterocycles. The summed E-state index contributed by atoms with van der Waals surface area (Å²) >= 11 is 0. The largest absolute Gasteiger partial charge is 0.411 e. The second-order valence-corrected chi connectivity index (χ2v) is 9.66. The molecular weight excluding hydrogens is 445 g/mol. The number of sulfonamides is 1. The number of anilines is 1. The molecule has 0 aliphatic carbocycles. The fourth-order valence-electron chi connectivity index (χ4n) is 3.62. The van der Waals surface area contributed by atoms with E-state index in [0.717, 1.165) is 19.3 Å². The summed E-state index contributed by atoms with van der Waals surface area (Å²) in [5.41, 5.74) is 1.52. The van der Waals surface area contributed by atoms with E-state index < -0.39 is 35.3 Å². The molecule has 1 amide bonds. The lowest BCUT2D eigenvalue weighted by molar-refractivity contribution is -0.174. The minimum Gasteiger partial charge on any atom is -0.362 e. The van der Waals surface area contributed by atoms with Crippen LogP contribution in [0.1, 0.15) is 18.4 Å². The van der Waals surface area contributed by atoms with Gasteiger partial charge < -0.3 is 10.1 Å². The number of amides is 1. The van der Waals surface area contributed by atoms with Crippen LogP contribution in [0.15, 0.2) is 59.5 Å². The van der Waals surface area contributed by atoms with Gasteiger partial charge in [-0.3, -0.25) is 4.79 Å². The molecule has 0 aromatic heterocycles. The molecule has 0 atom stereocenters. The molecule has 10 heteroatoms. The van der Waals surface area contributed by atoms with Gasteiger partial charge in [-0.1, -0.05) is 30.3 Å². The molecule has 2 aromatic rings. The first kappa shape index (κ1) is 24.2. The molecule has 6 nitrogen and oxygen atoms in total. The fraction of sp³-hybridized carbons (Fsp3) is 0.409. The van der Waals surface area contributed by atoms with Crippen LogP contribution in [0.4, 0.5) is 18.9 Å². The molecule has 1 heterocycles. The lowest BCUT2D eigenvalue weighted by Crippen LogP contribution is -2.38. The molecule has 3 rings (SSSR count). The van der Waals surface area contributed by atoms with Crippen molar-refractivity contribution in [2.75, 3.05) is 31.6 Å². The van der Waals surface area contributed by atoms with Crippen LogP contribution in [0.25, 0.3) is 0 Å². The van der Waals surface area contributed by atoms with Gasteiger partial charge in [0.15, 0.2) is 0 Å². The Balaban J connectivity index is 1.51. The Hall–Kier alpha value is -2.43. The highest BCUT2D eigenvalue weighted by Crippen LogP contribution is 2.26. The number of piperidine rings is 1. The third-order valence-electron chi connectivity index (χ3n) is 5.22. The van der Waals surface area contributed by atoms with E-state index in [2.05, 4.69) is 22.2 Å². The highest BCUT2D eigenvalue weighted by Gasteiger charge is 2.30. The number of halogens is 3. The Kier molecular flexibility index (Phi) is 7.91. The maximum absolute atomic E-state index is 12.9. The van der Waals surface area contributed by atoms with E-state index in [9.17, 15) is 26.4 Å². The minimum absolute atomic E-state index is 0.102. The number of nitrogens with one attached hydrogen (secondary N) is 1. The molecular formula is C22H25F3N2O4S. The second kappa shape index (κ2) is 10.5. The van der Waals surface area contributed by atoms with Gasteiger partial charge in [0.2, 0.25) is 15.9 Å². The maximum Gasteiger partial charge on any atom is 0.411 e. The van der Waals surface area contributed by atoms with Gasteiger partial charge in [-0.2, -0.15) is 17.5 Å². The van der Waals surface area contributed by atoms with E-state index in [1.54, 1.807) is 0 Å². The monoisotopic (exact) mass is 470 g/mol. The van der Waals surface area contributed by atoms with Gasteiger partial charge in [0.1, 0.15) is 13.2 Å². The van der Waals surface area contributed by atoms with Gasteiger partial charge in [0, 0.05) is 18.8 Å². The van der Waals surface area contributed by atoms with Gasteiger partial charge in [-0.25, -0.2) is 8.42 Å². The predicted molar refractivity (Wildman–Crippen MR) is 114 cm³/mol. The van der Waals surface area contributed by atoms with Gasteiger partial charge in [0.05, 0.1) is 4.90 Å². The minimum atomic E-state index is -4.51. The average Bonchev–Trinajstić information content (AvgIpc) is 2.74. The zero-order valence-electron chi connectivity index (χ0n) is 17.3. The zero-order valence-corrected chi connectivity index (χ0v) is 18.2. The third-order valence-corrected chi connectivity index (χ3v) is 7.13. The number of ether oxygens (including phenoxy) is 1. The summed E-state index contributed by atoms with van der Waals surface area (Å²) in [6, 6.07) is 15.7. The van der Waals surface area contributed by atoms with Crippen LogP contribution >= 0.6 is 0 Å². The highest BCUT2D eigenvalue weighted by atomic mass is 32.2. The quantitative estimate of drug-likeness (QED) is 0.636. The van der Waals surface area contributed by atoms with Crippen molar-refractivity contribution in [2.45, 2.75) is 30.3 Å². The second-order valence-electron chi connectivity index (χ2n) is 7.72. The van der Waals surface area contributed by atoms with Crippen LogP contribution in [-0.2, 0) is 26.0 Å². The van der Waals surface area contributed by atoms with Crippen molar-refractivity contribution in [3.8, 4) is 0 Å². The molecule has 1 saturated heterocycles. The highest BCUT2D eigenvalue weighted by molar-refractivity contribution is 7.89. The Morgan fingerprint density at radius 2 is 1.66 bits per heavy atom. The SMILES string of the molecule is O=C(COCC(F)(F)F)Nc1ccc(S(=O)(=O)N2CCC(Cc3ccccc3)CC2)cc1. The topological polar surface area (TPSA) is 75.7 Å². The predicted octanol–water partition coefficient (Wildman–Crippen LogP) is 3.85. The first-order valence-corrected chi connectivity index (χ1v) is 11.7. The van der Waals surface area contributed by atoms with Crippen molar-refractivity contribution >= 4 is 21.6 Å². The Bertz CT molecular complexity index is 988. The van der Waals surface area contributed by atoms with E-state index in [1.165, 1.54) is 34.1 Å². The Labute approximate surface area is 185 Å². The van der Waals surface area contributed by atoms with Crippen LogP contribution in [0.3, 0.4) is 0 Å². The number of hydrogen-bond acceptors (Lipinski definition) is 4. The molecule has 1 aliphatic rings. The molecule has 0 saturated carbocycles. The van der Waals surface area contributed by atoms with E-state index in [4.69, 9.17) is 0 Å². The third kappa shape index (κ3) is 7.04. The summed E-state index contributed by atoms with van der Waals surface area (Å²) in [4.78, 5) is 11.8. The number of nitrogens with zero attached hydrogens (tertiary/aromatic N) is 1. The van der Waals surface area contributed by atoms with Crippen molar-refractivity contribution in [1.82, 2.24) is 4.31 Å². The van der Waals surface area contributed by atoms with E-state index in [1.807, 2.05) is 18.2 Å². The average molecular weight is 471 g/mol. The van der Waals surface area contributed by atoms with Crippen molar-refractivity contribution in [3.05, 3.63) is 60.2 Å². The lowest BCUT2D eigenvalue weighted by Gasteiger charge is -2.31. The summed E-state index contributed by atoms with van der Waals surface area (Å²) in [6.45, 7) is -1.39. The summed E-state index contributed by atoms with van der Waals surface area (Å²) in [5, 5.41) is 2.38. The number of rotatable bonds is 8. The molecule has 174 valence electrons. The molecule has 0 bridgehead atoms. The smallest absolute Gasteiger partial charge is 0.362 e. The zero-order chi connectivity index (χ0) is 23.2. The van der Waals surface area contributed by atoms with E-state index >= 15 is 0 Å². The first-order chi connectivity index (χ1) is 15.1. The number of alkyl halides is 3.